The summed E-state index contributed by atoms with van der Waals surface area (Å²) in [5.41, 5.74) is 4.09. The van der Waals surface area contributed by atoms with E-state index in [2.05, 4.69) is 39.9 Å². The van der Waals surface area contributed by atoms with Crippen LogP contribution in [0.1, 0.15) is 18.1 Å². The van der Waals surface area contributed by atoms with Gasteiger partial charge in [0.1, 0.15) is 33.2 Å². The molecule has 1 saturated heterocycles. The number of thiophene rings is 1. The number of benzene rings is 2. The summed E-state index contributed by atoms with van der Waals surface area (Å²) in [6.07, 6.45) is 2.49. The van der Waals surface area contributed by atoms with Gasteiger partial charge in [-0.3, -0.25) is 9.36 Å². The first kappa shape index (κ1) is 20.3. The van der Waals surface area contributed by atoms with Gasteiger partial charge in [0.15, 0.2) is 0 Å². The molecule has 1 aliphatic rings. The van der Waals surface area contributed by atoms with Gasteiger partial charge in [-0.05, 0) is 36.2 Å². The molecule has 32 heavy (non-hydrogen) atoms. The molecule has 2 aromatic carbocycles. The smallest absolute Gasteiger partial charge is 0.275 e. The van der Waals surface area contributed by atoms with E-state index in [1.54, 1.807) is 4.57 Å². The highest BCUT2D eigenvalue weighted by Crippen LogP contribution is 2.36. The van der Waals surface area contributed by atoms with E-state index in [0.717, 1.165) is 43.3 Å². The lowest BCUT2D eigenvalue weighted by Gasteiger charge is -2.36. The number of rotatable bonds is 4. The molecule has 3 heterocycles. The predicted octanol–water partition coefficient (Wildman–Crippen LogP) is 4.21. The summed E-state index contributed by atoms with van der Waals surface area (Å²) in [4.78, 5) is 22.4. The summed E-state index contributed by atoms with van der Waals surface area (Å²) in [6, 6.07) is 20.6. The van der Waals surface area contributed by atoms with Gasteiger partial charge in [0, 0.05) is 31.9 Å². The Morgan fingerprint density at radius 2 is 1.66 bits per heavy atom. The van der Waals surface area contributed by atoms with E-state index in [4.69, 9.17) is 0 Å². The van der Waals surface area contributed by atoms with Crippen LogP contribution in [-0.4, -0.2) is 35.7 Å². The highest BCUT2D eigenvalue weighted by atomic mass is 32.1. The lowest BCUT2D eigenvalue weighted by molar-refractivity contribution is 0.657. The standard InChI is InChI=1S/C25H23N5OS/c1-2-18-8-10-20(11-9-18)30-17-27-22-21(16-26)25(32-23(22)24(30)31)29-14-12-28(13-15-29)19-6-4-3-5-7-19/h3-11,17H,2,12-15H2,1H3. The highest BCUT2D eigenvalue weighted by Gasteiger charge is 2.25. The van der Waals surface area contributed by atoms with Gasteiger partial charge in [-0.15, -0.1) is 11.3 Å². The molecule has 1 fully saturated rings. The molecule has 1 aliphatic heterocycles. The maximum Gasteiger partial charge on any atom is 0.275 e. The SMILES string of the molecule is CCc1ccc(-n2cnc3c(C#N)c(N4CCN(c5ccccc5)CC4)sc3c2=O)cc1. The third-order valence-electron chi connectivity index (χ3n) is 6.00. The molecule has 160 valence electrons. The van der Waals surface area contributed by atoms with Crippen LogP contribution in [0.25, 0.3) is 15.9 Å². The van der Waals surface area contributed by atoms with Crippen LogP contribution < -0.4 is 15.4 Å². The number of hydrogen-bond donors (Lipinski definition) is 0. The summed E-state index contributed by atoms with van der Waals surface area (Å²) >= 11 is 1.38. The van der Waals surface area contributed by atoms with Gasteiger partial charge in [-0.1, -0.05) is 37.3 Å². The molecule has 0 bridgehead atoms. The fourth-order valence-corrected chi connectivity index (χ4v) is 5.35. The topological polar surface area (TPSA) is 65.2 Å². The van der Waals surface area contributed by atoms with Crippen LogP contribution in [0, 0.1) is 11.3 Å². The van der Waals surface area contributed by atoms with Crippen molar-refractivity contribution in [2.24, 2.45) is 0 Å². The summed E-state index contributed by atoms with van der Waals surface area (Å²) in [5.74, 6) is 0. The Balaban J connectivity index is 1.47. The molecule has 0 aliphatic carbocycles. The molecule has 0 radical (unpaired) electrons. The van der Waals surface area contributed by atoms with Crippen molar-refractivity contribution in [3.05, 3.63) is 82.4 Å². The third-order valence-corrected chi connectivity index (χ3v) is 7.23. The monoisotopic (exact) mass is 441 g/mol. The lowest BCUT2D eigenvalue weighted by Crippen LogP contribution is -2.46. The van der Waals surface area contributed by atoms with E-state index in [-0.39, 0.29) is 5.56 Å². The zero-order valence-corrected chi connectivity index (χ0v) is 18.7. The first-order chi connectivity index (χ1) is 15.7. The molecule has 2 aromatic heterocycles. The van der Waals surface area contributed by atoms with Crippen LogP contribution in [0.5, 0.6) is 0 Å². The Hall–Kier alpha value is -3.63. The molecule has 5 rings (SSSR count). The van der Waals surface area contributed by atoms with Crippen molar-refractivity contribution in [2.75, 3.05) is 36.0 Å². The van der Waals surface area contributed by atoms with Gasteiger partial charge in [0.2, 0.25) is 0 Å². The lowest BCUT2D eigenvalue weighted by atomic mass is 10.1. The van der Waals surface area contributed by atoms with Crippen molar-refractivity contribution in [1.29, 1.82) is 5.26 Å². The number of aromatic nitrogens is 2. The minimum absolute atomic E-state index is 0.130. The normalized spacial score (nSPS) is 14.0. The molecule has 7 heteroatoms. The number of aryl methyl sites for hydroxylation is 1. The molecule has 6 nitrogen and oxygen atoms in total. The fraction of sp³-hybridized carbons (Fsp3) is 0.240. The molecule has 0 amide bonds. The van der Waals surface area contributed by atoms with Gasteiger partial charge in [0.05, 0.1) is 5.69 Å². The third kappa shape index (κ3) is 3.53. The molecule has 0 N–H and O–H groups in total. The number of anilines is 2. The number of para-hydroxylation sites is 1. The van der Waals surface area contributed by atoms with Gasteiger partial charge in [-0.25, -0.2) is 4.98 Å². The van der Waals surface area contributed by atoms with Crippen molar-refractivity contribution in [3.8, 4) is 11.8 Å². The van der Waals surface area contributed by atoms with Crippen LogP contribution in [0.2, 0.25) is 0 Å². The van der Waals surface area contributed by atoms with Crippen molar-refractivity contribution >= 4 is 32.2 Å². The van der Waals surface area contributed by atoms with Crippen molar-refractivity contribution in [2.45, 2.75) is 13.3 Å². The molecule has 0 spiro atoms. The Morgan fingerprint density at radius 1 is 0.969 bits per heavy atom. The van der Waals surface area contributed by atoms with E-state index in [1.165, 1.54) is 28.9 Å². The average Bonchev–Trinajstić information content (AvgIpc) is 3.25. The first-order valence-electron chi connectivity index (χ1n) is 10.8. The zero-order valence-electron chi connectivity index (χ0n) is 17.9. The number of nitriles is 1. The number of hydrogen-bond acceptors (Lipinski definition) is 6. The maximum absolute atomic E-state index is 13.3. The number of nitrogens with zero attached hydrogens (tertiary/aromatic N) is 5. The molecule has 0 saturated carbocycles. The predicted molar refractivity (Wildman–Crippen MR) is 130 cm³/mol. The molecule has 0 atom stereocenters. The second kappa shape index (κ2) is 8.48. The summed E-state index contributed by atoms with van der Waals surface area (Å²) in [6.45, 7) is 5.42. The zero-order chi connectivity index (χ0) is 22.1. The van der Waals surface area contributed by atoms with Crippen LogP contribution in [0.15, 0.2) is 65.7 Å². The maximum atomic E-state index is 13.3. The Bertz CT molecular complexity index is 1340. The summed E-state index contributed by atoms with van der Waals surface area (Å²) in [5, 5.41) is 10.7. The highest BCUT2D eigenvalue weighted by molar-refractivity contribution is 7.23. The first-order valence-corrected chi connectivity index (χ1v) is 11.6. The van der Waals surface area contributed by atoms with E-state index >= 15 is 0 Å². The van der Waals surface area contributed by atoms with E-state index < -0.39 is 0 Å². The second-order valence-electron chi connectivity index (χ2n) is 7.82. The van der Waals surface area contributed by atoms with Crippen molar-refractivity contribution < 1.29 is 0 Å². The Kier molecular flexibility index (Phi) is 5.38. The molecular weight excluding hydrogens is 418 g/mol. The largest absolute Gasteiger partial charge is 0.368 e. The van der Waals surface area contributed by atoms with E-state index in [9.17, 15) is 10.1 Å². The Morgan fingerprint density at radius 3 is 2.31 bits per heavy atom. The minimum Gasteiger partial charge on any atom is -0.368 e. The van der Waals surface area contributed by atoms with Gasteiger partial charge < -0.3 is 9.80 Å². The molecule has 4 aromatic rings. The molecular formula is C25H23N5OS. The quantitative estimate of drug-likeness (QED) is 0.475. The Labute approximate surface area is 190 Å². The van der Waals surface area contributed by atoms with Gasteiger partial charge in [-0.2, -0.15) is 5.26 Å². The minimum atomic E-state index is -0.130. The molecule has 0 unspecified atom stereocenters. The van der Waals surface area contributed by atoms with Crippen LogP contribution in [0.4, 0.5) is 10.7 Å². The number of piperazine rings is 1. The summed E-state index contributed by atoms with van der Waals surface area (Å²) in [7, 11) is 0. The van der Waals surface area contributed by atoms with Crippen LogP contribution in [0.3, 0.4) is 0 Å². The van der Waals surface area contributed by atoms with Gasteiger partial charge >= 0.3 is 0 Å². The van der Waals surface area contributed by atoms with E-state index in [0.29, 0.717) is 15.8 Å². The second-order valence-corrected chi connectivity index (χ2v) is 8.82. The van der Waals surface area contributed by atoms with Gasteiger partial charge in [0.25, 0.3) is 5.56 Å². The van der Waals surface area contributed by atoms with Crippen molar-refractivity contribution in [1.82, 2.24) is 9.55 Å². The van der Waals surface area contributed by atoms with Crippen LogP contribution in [-0.2, 0) is 6.42 Å². The van der Waals surface area contributed by atoms with Crippen LogP contribution >= 0.6 is 11.3 Å². The number of fused-ring (bicyclic) bond motifs is 1. The van der Waals surface area contributed by atoms with Crippen molar-refractivity contribution in [3.63, 3.8) is 0 Å². The average molecular weight is 442 g/mol. The van der Waals surface area contributed by atoms with E-state index in [1.807, 2.05) is 42.5 Å². The summed E-state index contributed by atoms with van der Waals surface area (Å²) < 4.78 is 2.10. The fourth-order valence-electron chi connectivity index (χ4n) is 4.16.